The van der Waals surface area contributed by atoms with Gasteiger partial charge in [-0.2, -0.15) is 5.26 Å². The molecule has 40 heavy (non-hydrogen) atoms. The lowest BCUT2D eigenvalue weighted by molar-refractivity contribution is 0.0419. The molecule has 1 unspecified atom stereocenters. The predicted molar refractivity (Wildman–Crippen MR) is 152 cm³/mol. The topological polar surface area (TPSA) is 121 Å². The highest BCUT2D eigenvalue weighted by atomic mass is 19.1. The Morgan fingerprint density at radius 3 is 2.62 bits per heavy atom. The Bertz CT molecular complexity index is 1670. The minimum absolute atomic E-state index is 0.0690. The van der Waals surface area contributed by atoms with Gasteiger partial charge in [-0.05, 0) is 80.8 Å². The molecule has 3 aromatic carbocycles. The first kappa shape index (κ1) is 28.5. The van der Waals surface area contributed by atoms with Crippen LogP contribution >= 0.6 is 0 Å². The molecule has 1 amide bonds. The number of fused-ring (bicyclic) bond motifs is 1. The number of rotatable bonds is 9. The average molecular weight is 542 g/mol. The molecule has 1 heterocycles. The van der Waals surface area contributed by atoms with Crippen molar-refractivity contribution in [3.05, 3.63) is 110 Å². The fourth-order valence-corrected chi connectivity index (χ4v) is 4.95. The van der Waals surface area contributed by atoms with E-state index in [1.807, 2.05) is 19.9 Å². The van der Waals surface area contributed by atoms with Crippen molar-refractivity contribution in [1.29, 1.82) is 5.26 Å². The monoisotopic (exact) mass is 541 g/mol. The first-order chi connectivity index (χ1) is 19.1. The van der Waals surface area contributed by atoms with Gasteiger partial charge in [0.2, 0.25) is 0 Å². The largest absolute Gasteiger partial charge is 0.508 e. The van der Waals surface area contributed by atoms with Crippen LogP contribution in [0.3, 0.4) is 0 Å². The molecule has 206 valence electrons. The normalized spacial score (nSPS) is 12.6. The van der Waals surface area contributed by atoms with Crippen molar-refractivity contribution in [1.82, 2.24) is 4.90 Å². The molecule has 0 spiro atoms. The first-order valence-corrected chi connectivity index (χ1v) is 13.2. The molecule has 3 N–H and O–H groups in total. The van der Waals surface area contributed by atoms with Crippen molar-refractivity contribution in [2.75, 3.05) is 13.1 Å². The third kappa shape index (κ3) is 5.47. The van der Waals surface area contributed by atoms with Crippen LogP contribution in [0.5, 0.6) is 5.75 Å². The number of phenols is 1. The van der Waals surface area contributed by atoms with Gasteiger partial charge in [-0.3, -0.25) is 9.59 Å². The molecule has 0 aliphatic carbocycles. The Morgan fingerprint density at radius 2 is 1.95 bits per heavy atom. The van der Waals surface area contributed by atoms with E-state index >= 15 is 0 Å². The van der Waals surface area contributed by atoms with Crippen molar-refractivity contribution in [2.45, 2.75) is 45.6 Å². The molecule has 0 radical (unpaired) electrons. The predicted octanol–water partition coefficient (Wildman–Crippen LogP) is 5.53. The third-order valence-corrected chi connectivity index (χ3v) is 7.43. The second kappa shape index (κ2) is 11.7. The molecule has 0 fully saturated rings. The zero-order valence-corrected chi connectivity index (χ0v) is 22.8. The summed E-state index contributed by atoms with van der Waals surface area (Å²) in [5, 5.41) is 19.8. The van der Waals surface area contributed by atoms with Gasteiger partial charge < -0.3 is 20.2 Å². The average Bonchev–Trinajstić information content (AvgIpc) is 2.95. The van der Waals surface area contributed by atoms with E-state index in [1.165, 1.54) is 24.3 Å². The number of carbonyl (C=O) groups excluding carboxylic acids is 1. The molecule has 4 rings (SSSR count). The summed E-state index contributed by atoms with van der Waals surface area (Å²) < 4.78 is 20.9. The maximum Gasteiger partial charge on any atom is 0.254 e. The van der Waals surface area contributed by atoms with Crippen molar-refractivity contribution >= 4 is 16.9 Å². The fraction of sp³-hybridized carbons (Fsp3) is 0.281. The van der Waals surface area contributed by atoms with E-state index in [4.69, 9.17) is 10.2 Å². The van der Waals surface area contributed by atoms with Crippen molar-refractivity contribution < 1.29 is 18.7 Å². The first-order valence-electron chi connectivity index (χ1n) is 13.2. The van der Waals surface area contributed by atoms with Crippen molar-refractivity contribution in [3.8, 4) is 11.8 Å². The van der Waals surface area contributed by atoms with Gasteiger partial charge in [-0.25, -0.2) is 4.39 Å². The summed E-state index contributed by atoms with van der Waals surface area (Å²) in [6.07, 6.45) is 0.974. The SMILES string of the molecule is CCC(C)(c1oc2cc(O)ccc2c(=O)c1Cc1cccc(C#N)c1)N(CCCN)C(=O)c1ccc(C)c(F)c1. The molecule has 0 aliphatic rings. The summed E-state index contributed by atoms with van der Waals surface area (Å²) in [6, 6.07) is 17.7. The highest BCUT2D eigenvalue weighted by Crippen LogP contribution is 2.37. The Balaban J connectivity index is 1.97. The number of aryl methyl sites for hydroxylation is 1. The van der Waals surface area contributed by atoms with E-state index in [0.717, 1.165) is 5.56 Å². The van der Waals surface area contributed by atoms with Gasteiger partial charge in [0.05, 0.1) is 22.6 Å². The molecular weight excluding hydrogens is 509 g/mol. The molecular formula is C32H32FN3O4. The van der Waals surface area contributed by atoms with Gasteiger partial charge >= 0.3 is 0 Å². The minimum atomic E-state index is -1.14. The van der Waals surface area contributed by atoms with Crippen LogP contribution in [0.15, 0.2) is 69.9 Å². The number of halogens is 1. The van der Waals surface area contributed by atoms with E-state index in [-0.39, 0.29) is 46.4 Å². The van der Waals surface area contributed by atoms with Gasteiger partial charge in [0.1, 0.15) is 22.9 Å². The van der Waals surface area contributed by atoms with Gasteiger partial charge in [0.25, 0.3) is 5.91 Å². The minimum Gasteiger partial charge on any atom is -0.508 e. The number of benzene rings is 3. The van der Waals surface area contributed by atoms with Crippen LogP contribution in [-0.2, 0) is 12.0 Å². The number of hydrogen-bond donors (Lipinski definition) is 2. The second-order valence-electron chi connectivity index (χ2n) is 10.1. The molecule has 0 saturated carbocycles. The molecule has 1 atom stereocenters. The number of nitrogens with two attached hydrogens (primary N) is 1. The Hall–Kier alpha value is -4.48. The summed E-state index contributed by atoms with van der Waals surface area (Å²) in [6.45, 7) is 5.87. The van der Waals surface area contributed by atoms with Gasteiger partial charge in [0.15, 0.2) is 5.43 Å². The molecule has 0 aliphatic heterocycles. The summed E-state index contributed by atoms with van der Waals surface area (Å²) in [5.41, 5.74) is 6.67. The van der Waals surface area contributed by atoms with E-state index in [2.05, 4.69) is 6.07 Å². The zero-order chi connectivity index (χ0) is 29.0. The summed E-state index contributed by atoms with van der Waals surface area (Å²) in [5.74, 6) is -0.722. The number of amides is 1. The van der Waals surface area contributed by atoms with Crippen molar-refractivity contribution in [2.24, 2.45) is 5.73 Å². The van der Waals surface area contributed by atoms with E-state index < -0.39 is 17.3 Å². The number of hydrogen-bond acceptors (Lipinski definition) is 6. The molecule has 4 aromatic rings. The van der Waals surface area contributed by atoms with Crippen LogP contribution in [0.2, 0.25) is 0 Å². The molecule has 8 heteroatoms. The summed E-state index contributed by atoms with van der Waals surface area (Å²) >= 11 is 0. The van der Waals surface area contributed by atoms with Crippen LogP contribution < -0.4 is 11.2 Å². The van der Waals surface area contributed by atoms with E-state index in [0.29, 0.717) is 36.1 Å². The quantitative estimate of drug-likeness (QED) is 0.288. The van der Waals surface area contributed by atoms with Gasteiger partial charge in [-0.1, -0.05) is 25.1 Å². The van der Waals surface area contributed by atoms with E-state index in [1.54, 1.807) is 42.2 Å². The summed E-state index contributed by atoms with van der Waals surface area (Å²) in [4.78, 5) is 29.5. The molecule has 1 aromatic heterocycles. The lowest BCUT2D eigenvalue weighted by atomic mass is 9.86. The smallest absolute Gasteiger partial charge is 0.254 e. The van der Waals surface area contributed by atoms with Crippen LogP contribution in [0.4, 0.5) is 4.39 Å². The van der Waals surface area contributed by atoms with Crippen LogP contribution in [0, 0.1) is 24.1 Å². The molecule has 0 saturated heterocycles. The highest BCUT2D eigenvalue weighted by Gasteiger charge is 2.41. The number of carbonyl (C=O) groups is 1. The fourth-order valence-electron chi connectivity index (χ4n) is 4.95. The maximum atomic E-state index is 14.5. The van der Waals surface area contributed by atoms with Gasteiger partial charge in [-0.15, -0.1) is 0 Å². The molecule has 0 bridgehead atoms. The lowest BCUT2D eigenvalue weighted by Gasteiger charge is -2.41. The van der Waals surface area contributed by atoms with Crippen LogP contribution in [0.25, 0.3) is 11.0 Å². The van der Waals surface area contributed by atoms with Gasteiger partial charge in [0, 0.05) is 30.2 Å². The number of phenolic OH excluding ortho intramolecular Hbond substituents is 1. The summed E-state index contributed by atoms with van der Waals surface area (Å²) in [7, 11) is 0. The number of nitrogens with zero attached hydrogens (tertiary/aromatic N) is 2. The maximum absolute atomic E-state index is 14.5. The number of nitriles is 1. The second-order valence-corrected chi connectivity index (χ2v) is 10.1. The highest BCUT2D eigenvalue weighted by molar-refractivity contribution is 5.95. The zero-order valence-electron chi connectivity index (χ0n) is 22.8. The molecule has 7 nitrogen and oxygen atoms in total. The Morgan fingerprint density at radius 1 is 1.18 bits per heavy atom. The van der Waals surface area contributed by atoms with Crippen LogP contribution in [-0.4, -0.2) is 29.0 Å². The third-order valence-electron chi connectivity index (χ3n) is 7.43. The van der Waals surface area contributed by atoms with Crippen LogP contribution in [0.1, 0.15) is 65.1 Å². The Labute approximate surface area is 232 Å². The number of aromatic hydroxyl groups is 1. The van der Waals surface area contributed by atoms with E-state index in [9.17, 15) is 24.3 Å². The lowest BCUT2D eigenvalue weighted by Crippen LogP contribution is -2.49. The standard InChI is InChI=1S/C32H32FN3O4/c1-4-32(3,36(14-6-13-34)31(39)23-10-9-20(2)27(33)17-23)30-26(16-21-7-5-8-22(15-21)19-35)29(38)25-12-11-24(37)18-28(25)40-30/h5,7-12,15,17-18,37H,4,6,13-14,16,34H2,1-3H3. The van der Waals surface area contributed by atoms with Crippen molar-refractivity contribution in [3.63, 3.8) is 0 Å². The Kier molecular flexibility index (Phi) is 8.36.